The zero-order chi connectivity index (χ0) is 104. The minimum Gasteiger partial charge on any atom is -0.394 e. The van der Waals surface area contributed by atoms with Crippen LogP contribution in [0.3, 0.4) is 0 Å². The van der Waals surface area contributed by atoms with Crippen LogP contribution in [0.2, 0.25) is 0 Å². The number of ether oxygens (including phenoxy) is 11. The summed E-state index contributed by atoms with van der Waals surface area (Å²) >= 11 is 0. The summed E-state index contributed by atoms with van der Waals surface area (Å²) in [6.45, 7) is 3.01. The largest absolute Gasteiger partial charge is 0.472 e. The second kappa shape index (κ2) is 64.7. The average molecular weight is 2050 g/mol. The van der Waals surface area contributed by atoms with Crippen LogP contribution in [0.1, 0.15) is 201 Å². The van der Waals surface area contributed by atoms with Gasteiger partial charge in [-0.05, 0) is 84.0 Å². The summed E-state index contributed by atoms with van der Waals surface area (Å²) in [6.07, 6.45) is -8.84. The molecule has 5 aliphatic heterocycles. The Morgan fingerprint density at radius 2 is 0.852 bits per heavy atom. The molecule has 5 aliphatic rings. The van der Waals surface area contributed by atoms with Gasteiger partial charge < -0.3 is 172 Å². The number of phosphoric acid groups is 1. The van der Waals surface area contributed by atoms with Crippen molar-refractivity contribution in [1.82, 2.24) is 77.6 Å². The summed E-state index contributed by atoms with van der Waals surface area (Å²) in [5.41, 5.74) is 5.02. The molecule has 5 fully saturated rings. The van der Waals surface area contributed by atoms with Crippen molar-refractivity contribution in [2.45, 2.75) is 329 Å². The molecule has 2 aromatic heterocycles. The summed E-state index contributed by atoms with van der Waals surface area (Å²) in [7, 11) is -3.62. The van der Waals surface area contributed by atoms with Gasteiger partial charge in [0.1, 0.15) is 103 Å². The number of rotatable bonds is 70. The predicted octanol–water partition coefficient (Wildman–Crippen LogP) is -4.96. The number of unbranched alkanes of at least 4 members (excludes halogenated alkanes) is 10. The van der Waals surface area contributed by atoms with E-state index in [1.54, 1.807) is 6.92 Å². The monoisotopic (exact) mass is 2050 g/mol. The van der Waals surface area contributed by atoms with Gasteiger partial charge in [-0.1, -0.05) is 38.5 Å². The second-order valence-corrected chi connectivity index (χ2v) is 37.4. The number of phosphoric ester groups is 1. The van der Waals surface area contributed by atoms with Crippen molar-refractivity contribution >= 4 is 89.8 Å². The molecule has 2 aromatic rings. The Labute approximate surface area is 824 Å². The molecule has 142 heavy (non-hydrogen) atoms. The Hall–Kier alpha value is -8.21. The van der Waals surface area contributed by atoms with E-state index in [9.17, 15) is 113 Å². The number of carbonyl (C=O) groups excluding carboxylic acids is 11. The Morgan fingerprint density at radius 3 is 1.27 bits per heavy atom. The standard InChI is InChI=1S/C89H153N16O36P/c1-54-75(121)78(124)71(100-55(2)109)86(137-54)133-37-17-14-23-63(113)91-31-20-34-94-66(116)28-40-130-49-89(50-131-41-29-67(117)95-35-21-32-92-64(114)24-15-18-38-134-87-72(101-56(3)110)79(125)76(122)60(45-106)139-87,51-132-42-30-68(118)96-36-22-33-93-65(115)25-16-19-39-135-88-73(102-57(4)111)80(126)77(123)61(46-107)140-88)103-69(119)26-12-10-8-6-7-9-11-13-27-70(120)104-44-59(112)43-58(104)48-136-142(127,128)141-81-62(47-108)138-85(82(81)129-5)105-53-99-74-83(90)97-52-98-84(74)105/h52-54,58-62,71-73,75-82,85-88,106-108,112,121-126H,6-51H2,1-5H3,(H,91,113)(H,92,114)(H,93,115)(H,94,116)(H,95,117)(H,96,118)(H,100,109)(H,101,110)(H,102,111)(H,103,119)(H,127,128)(H2,90,97,98)/t54-,58+,59-,60-,61-,62-,71-,72-,73-,75+,76+,77+,78-,79-,80-,81-,82-,85-,86-,87-,88-/m1/s1. The average Bonchev–Trinajstić information content (AvgIpc) is 1.60. The summed E-state index contributed by atoms with van der Waals surface area (Å²) in [4.78, 5) is 166. The van der Waals surface area contributed by atoms with Crippen LogP contribution in [0.5, 0.6) is 0 Å². The highest BCUT2D eigenvalue weighted by Crippen LogP contribution is 2.50. The van der Waals surface area contributed by atoms with Crippen molar-refractivity contribution in [3.63, 3.8) is 0 Å². The molecule has 11 amide bonds. The molecule has 1 unspecified atom stereocenters. The lowest BCUT2D eigenvalue weighted by Crippen LogP contribution is -2.64. The number of aromatic nitrogens is 4. The highest BCUT2D eigenvalue weighted by Gasteiger charge is 2.52. The number of hydrogen-bond donors (Lipinski definition) is 22. The van der Waals surface area contributed by atoms with Crippen molar-refractivity contribution in [2.75, 3.05) is 145 Å². The third-order valence-electron chi connectivity index (χ3n) is 24.2. The maximum Gasteiger partial charge on any atom is 0.472 e. The molecule has 0 saturated carbocycles. The lowest BCUT2D eigenvalue weighted by molar-refractivity contribution is -0.270. The molecule has 22 atom stereocenters. The maximum absolute atomic E-state index is 14.2. The number of likely N-dealkylation sites (tertiary alicyclic amines) is 1. The van der Waals surface area contributed by atoms with Crippen LogP contribution in [0, 0.1) is 0 Å². The van der Waals surface area contributed by atoms with Crippen LogP contribution in [0.15, 0.2) is 12.7 Å². The first-order chi connectivity index (χ1) is 68.0. The van der Waals surface area contributed by atoms with Gasteiger partial charge in [0.25, 0.3) is 0 Å². The Kier molecular flexibility index (Phi) is 55.0. The Morgan fingerprint density at radius 1 is 0.465 bits per heavy atom. The number of β-amino-alcohol motifs (C(OH)–C–C–N with tert-alkyl or cyclic N) is 1. The molecule has 5 saturated heterocycles. The number of carbonyl (C=O) groups is 11. The van der Waals surface area contributed by atoms with Gasteiger partial charge in [0.2, 0.25) is 65.0 Å². The number of amides is 11. The molecule has 23 N–H and O–H groups in total. The fourth-order valence-electron chi connectivity index (χ4n) is 16.6. The van der Waals surface area contributed by atoms with E-state index in [1.807, 2.05) is 0 Å². The summed E-state index contributed by atoms with van der Waals surface area (Å²) in [5.74, 6) is -4.06. The molecular weight excluding hydrogens is 1900 g/mol. The Bertz CT molecular complexity index is 4090. The lowest BCUT2D eigenvalue weighted by Gasteiger charge is -2.42. The number of methoxy groups -OCH3 is 1. The molecule has 7 heterocycles. The lowest BCUT2D eigenvalue weighted by atomic mass is 9.97. The number of anilines is 1. The molecule has 0 bridgehead atoms. The number of imidazole rings is 1. The summed E-state index contributed by atoms with van der Waals surface area (Å²) < 4.78 is 90.3. The van der Waals surface area contributed by atoms with E-state index < -0.39 is 210 Å². The van der Waals surface area contributed by atoms with Crippen LogP contribution in [-0.4, -0.2) is 412 Å². The predicted molar refractivity (Wildman–Crippen MR) is 498 cm³/mol. The van der Waals surface area contributed by atoms with Gasteiger partial charge in [0, 0.05) is 145 Å². The zero-order valence-electron chi connectivity index (χ0n) is 81.7. The van der Waals surface area contributed by atoms with E-state index in [2.05, 4.69) is 68.1 Å². The molecule has 0 spiro atoms. The minimum absolute atomic E-state index is 0.0214. The number of fused-ring (bicyclic) bond motifs is 1. The van der Waals surface area contributed by atoms with Crippen molar-refractivity contribution < 1.29 is 174 Å². The quantitative estimate of drug-likeness (QED) is 0.0218. The van der Waals surface area contributed by atoms with Gasteiger partial charge in [-0.25, -0.2) is 19.5 Å². The Balaban J connectivity index is 0.884. The second-order valence-electron chi connectivity index (χ2n) is 35.9. The van der Waals surface area contributed by atoms with E-state index in [0.29, 0.717) is 83.5 Å². The first-order valence-corrected chi connectivity index (χ1v) is 50.4. The van der Waals surface area contributed by atoms with Gasteiger partial charge in [-0.15, -0.1) is 0 Å². The number of hydrogen-bond acceptors (Lipinski definition) is 39. The SMILES string of the molecule is CO[C@@H]1[C@H](OP(=O)(O)OC[C@@H]2C[C@@H](O)CN2C(=O)CCCCCCCCCCC(=O)NC(COCCC(=O)NCCCNC(=O)CCCCO[C@@H]2O[C@H](C)[C@H](O)[C@H](O)[C@H]2NC(C)=O)(COCCC(=O)NCCCNC(=O)CCCCO[C@@H]2O[C@H](CO)[C@H](O)[C@H](O)[C@H]2NC(C)=O)COCCC(=O)NCCCNC(=O)CCCCO[C@@H]2O[C@H](CO)[C@H](O)[C@H](O)[C@H]2NC(C)=O)[C@@H](CO)O[C@H]1n1cnc2c(N)ncnc21. The highest BCUT2D eigenvalue weighted by molar-refractivity contribution is 7.47. The van der Waals surface area contributed by atoms with Crippen LogP contribution < -0.4 is 58.9 Å². The van der Waals surface area contributed by atoms with E-state index in [-0.39, 0.29) is 204 Å². The summed E-state index contributed by atoms with van der Waals surface area (Å²) in [6, 6.07) is -4.01. The first-order valence-electron chi connectivity index (χ1n) is 48.9. The van der Waals surface area contributed by atoms with E-state index in [0.717, 1.165) is 25.7 Å². The number of nitrogens with zero attached hydrogens (tertiary/aromatic N) is 5. The first kappa shape index (κ1) is 121. The molecular formula is C89H153N16O36P. The van der Waals surface area contributed by atoms with E-state index in [4.69, 9.17) is 66.9 Å². The molecule has 53 heteroatoms. The van der Waals surface area contributed by atoms with Gasteiger partial charge in [0.05, 0.1) is 90.6 Å². The van der Waals surface area contributed by atoms with E-state index >= 15 is 0 Å². The fourth-order valence-corrected chi connectivity index (χ4v) is 17.6. The molecule has 7 rings (SSSR count). The van der Waals surface area contributed by atoms with Crippen LogP contribution in [-0.2, 0) is 118 Å². The molecule has 0 radical (unpaired) electrons. The van der Waals surface area contributed by atoms with Crippen LogP contribution >= 0.6 is 7.82 Å². The molecule has 0 aromatic carbocycles. The number of nitrogens with two attached hydrogens (primary N) is 1. The van der Waals surface area contributed by atoms with E-state index in [1.165, 1.54) is 50.0 Å². The zero-order valence-corrected chi connectivity index (χ0v) is 82.6. The van der Waals surface area contributed by atoms with Crippen LogP contribution in [0.25, 0.3) is 11.2 Å². The number of aliphatic hydroxyl groups excluding tert-OH is 10. The third kappa shape index (κ3) is 42.0. The number of nitrogen functional groups attached to an aromatic ring is 1. The maximum atomic E-state index is 14.2. The van der Waals surface area contributed by atoms with Crippen molar-refractivity contribution in [1.29, 1.82) is 0 Å². The topological polar surface area (TPSA) is 741 Å². The normalized spacial score (nSPS) is 26.0. The third-order valence-corrected chi connectivity index (χ3v) is 25.2. The van der Waals surface area contributed by atoms with Crippen molar-refractivity contribution in [2.24, 2.45) is 0 Å². The van der Waals surface area contributed by atoms with Gasteiger partial charge in [-0.3, -0.25) is 66.4 Å². The molecule has 810 valence electrons. The van der Waals surface area contributed by atoms with Gasteiger partial charge >= 0.3 is 7.82 Å². The highest BCUT2D eigenvalue weighted by atomic mass is 31.2. The molecule has 0 aliphatic carbocycles. The number of aliphatic hydroxyl groups is 10. The molecule has 52 nitrogen and oxygen atoms in total. The number of nitrogens with one attached hydrogen (secondary N) is 10. The smallest absolute Gasteiger partial charge is 0.394 e. The van der Waals surface area contributed by atoms with Gasteiger partial charge in [0.15, 0.2) is 36.6 Å². The summed E-state index contributed by atoms with van der Waals surface area (Å²) in [5, 5.41) is 130. The fraction of sp³-hybridized carbons (Fsp3) is 0.820. The minimum atomic E-state index is -4.95. The van der Waals surface area contributed by atoms with Crippen molar-refractivity contribution in [3.8, 4) is 0 Å². The van der Waals surface area contributed by atoms with Crippen LogP contribution in [0.4, 0.5) is 5.82 Å². The van der Waals surface area contributed by atoms with Crippen molar-refractivity contribution in [3.05, 3.63) is 12.7 Å². The van der Waals surface area contributed by atoms with Gasteiger partial charge in [-0.2, -0.15) is 0 Å².